The second kappa shape index (κ2) is 9.90. The van der Waals surface area contributed by atoms with Crippen LogP contribution in [0.15, 0.2) is 29.5 Å². The van der Waals surface area contributed by atoms with Gasteiger partial charge in [-0.3, -0.25) is 5.10 Å². The number of halogens is 2. The van der Waals surface area contributed by atoms with Crippen LogP contribution in [-0.4, -0.2) is 73.6 Å². The summed E-state index contributed by atoms with van der Waals surface area (Å²) in [7, 11) is 0. The van der Waals surface area contributed by atoms with Crippen LogP contribution in [0, 0.1) is 29.9 Å². The van der Waals surface area contributed by atoms with E-state index in [0.717, 1.165) is 12.3 Å². The minimum atomic E-state index is -0.633. The number of aromatic amines is 1. The van der Waals surface area contributed by atoms with Gasteiger partial charge < -0.3 is 14.9 Å². The molecule has 190 valence electrons. The number of hydrogen-bond acceptors (Lipinski definition) is 8. The van der Waals surface area contributed by atoms with Gasteiger partial charge in [-0.15, -0.1) is 0 Å². The second-order valence-electron chi connectivity index (χ2n) is 8.73. The highest BCUT2D eigenvalue weighted by molar-refractivity contribution is 5.79. The number of nitriles is 1. The first-order valence-electron chi connectivity index (χ1n) is 11.6. The molecule has 2 aliphatic rings. The summed E-state index contributed by atoms with van der Waals surface area (Å²) < 4.78 is 28.6. The lowest BCUT2D eigenvalue weighted by Gasteiger charge is -2.37. The Morgan fingerprint density at radius 2 is 2.03 bits per heavy atom. The number of nitrogens with zero attached hydrogens (tertiary/aromatic N) is 8. The molecule has 1 atom stereocenters. The average Bonchev–Trinajstić information content (AvgIpc) is 3.55. The molecule has 1 fully saturated rings. The first-order valence-corrected chi connectivity index (χ1v) is 11.6. The van der Waals surface area contributed by atoms with Crippen molar-refractivity contribution in [1.82, 2.24) is 30.1 Å². The zero-order chi connectivity index (χ0) is 26.1. The van der Waals surface area contributed by atoms with Crippen molar-refractivity contribution in [2.75, 3.05) is 31.1 Å². The fourth-order valence-corrected chi connectivity index (χ4v) is 4.58. The summed E-state index contributed by atoms with van der Waals surface area (Å²) in [5, 5.41) is 31.0. The van der Waals surface area contributed by atoms with Gasteiger partial charge >= 0.3 is 6.03 Å². The Hall–Kier alpha value is -4.44. The predicted octanol–water partition coefficient (Wildman–Crippen LogP) is 2.49. The Labute approximate surface area is 210 Å². The Morgan fingerprint density at radius 3 is 2.76 bits per heavy atom. The quantitative estimate of drug-likeness (QED) is 0.553. The number of benzene rings is 1. The fourth-order valence-electron chi connectivity index (χ4n) is 4.58. The Morgan fingerprint density at radius 1 is 1.24 bits per heavy atom. The molecule has 0 spiro atoms. The van der Waals surface area contributed by atoms with E-state index in [1.54, 1.807) is 24.1 Å². The summed E-state index contributed by atoms with van der Waals surface area (Å²) in [6.07, 6.45) is 3.10. The number of carbonyl (C=O) groups excluding carboxylic acids is 1. The summed E-state index contributed by atoms with van der Waals surface area (Å²) in [6, 6.07) is 5.12. The molecule has 1 unspecified atom stereocenters. The Kier molecular flexibility index (Phi) is 6.49. The fraction of sp³-hybridized carbons (Fsp3) is 0.333. The van der Waals surface area contributed by atoms with Gasteiger partial charge in [-0.25, -0.2) is 28.6 Å². The summed E-state index contributed by atoms with van der Waals surface area (Å²) in [5.74, 6) is -0.877. The number of aliphatic hydroxyl groups excluding tert-OH is 1. The van der Waals surface area contributed by atoms with Gasteiger partial charge in [-0.1, -0.05) is 0 Å². The van der Waals surface area contributed by atoms with Crippen LogP contribution < -0.4 is 4.90 Å². The van der Waals surface area contributed by atoms with Gasteiger partial charge in [0.25, 0.3) is 0 Å². The standard InChI is InChI=1S/C24H23F2N9O2/c1-14-21(19(13-36)32-31-14)22-18(26)12-28-23(30-22)33-4-6-34(7-5-33)24(37)35-20(2-3-29-35)16-8-15(11-27)9-17(25)10-16/h3,8-10,12,20,36H,2,4-7,13H2,1H3,(H,31,32). The molecule has 5 rings (SSSR count). The molecular formula is C24H23F2N9O2. The van der Waals surface area contributed by atoms with E-state index in [1.807, 2.05) is 11.0 Å². The molecule has 0 radical (unpaired) electrons. The van der Waals surface area contributed by atoms with Crippen molar-refractivity contribution in [3.05, 3.63) is 58.5 Å². The van der Waals surface area contributed by atoms with Gasteiger partial charge in [-0.05, 0) is 30.7 Å². The molecule has 37 heavy (non-hydrogen) atoms. The molecule has 4 heterocycles. The van der Waals surface area contributed by atoms with E-state index in [2.05, 4.69) is 25.3 Å². The van der Waals surface area contributed by atoms with Crippen LogP contribution in [0.25, 0.3) is 11.3 Å². The summed E-state index contributed by atoms with van der Waals surface area (Å²) in [5.41, 5.74) is 1.98. The lowest BCUT2D eigenvalue weighted by Crippen LogP contribution is -2.52. The number of piperazine rings is 1. The number of aliphatic hydroxyl groups is 1. The van der Waals surface area contributed by atoms with Crippen LogP contribution >= 0.6 is 0 Å². The number of H-pyrrole nitrogens is 1. The number of aryl methyl sites for hydroxylation is 1. The van der Waals surface area contributed by atoms with Crippen molar-refractivity contribution in [2.45, 2.75) is 26.0 Å². The zero-order valence-electron chi connectivity index (χ0n) is 19.9. The van der Waals surface area contributed by atoms with Crippen LogP contribution in [0.4, 0.5) is 19.5 Å². The van der Waals surface area contributed by atoms with E-state index in [1.165, 1.54) is 11.1 Å². The van der Waals surface area contributed by atoms with Gasteiger partial charge in [0.1, 0.15) is 11.5 Å². The highest BCUT2D eigenvalue weighted by atomic mass is 19.1. The van der Waals surface area contributed by atoms with E-state index in [0.29, 0.717) is 55.4 Å². The molecule has 2 aromatic heterocycles. The molecule has 13 heteroatoms. The molecule has 2 amide bonds. The van der Waals surface area contributed by atoms with E-state index in [4.69, 9.17) is 5.26 Å². The second-order valence-corrected chi connectivity index (χ2v) is 8.73. The number of carbonyl (C=O) groups is 1. The van der Waals surface area contributed by atoms with E-state index >= 15 is 0 Å². The monoisotopic (exact) mass is 507 g/mol. The molecule has 11 nitrogen and oxygen atoms in total. The maximum absolute atomic E-state index is 14.6. The molecule has 2 aliphatic heterocycles. The van der Waals surface area contributed by atoms with Crippen LogP contribution in [0.2, 0.25) is 0 Å². The highest BCUT2D eigenvalue weighted by Crippen LogP contribution is 2.31. The number of amides is 2. The van der Waals surface area contributed by atoms with Gasteiger partial charge in [0.05, 0.1) is 36.2 Å². The normalized spacial score (nSPS) is 17.4. The van der Waals surface area contributed by atoms with Gasteiger partial charge in [0, 0.05) is 50.1 Å². The maximum atomic E-state index is 14.6. The van der Waals surface area contributed by atoms with E-state index in [9.17, 15) is 18.7 Å². The van der Waals surface area contributed by atoms with Crippen LogP contribution in [0.5, 0.6) is 0 Å². The SMILES string of the molecule is Cc1[nH]nc(CO)c1-c1nc(N2CCN(C(=O)N3N=CCC3c3cc(F)cc(C#N)c3)CC2)ncc1F. The third kappa shape index (κ3) is 4.58. The number of anilines is 1. The number of urea groups is 1. The van der Waals surface area contributed by atoms with Gasteiger partial charge in [0.15, 0.2) is 5.82 Å². The highest BCUT2D eigenvalue weighted by Gasteiger charge is 2.34. The first-order chi connectivity index (χ1) is 17.9. The van der Waals surface area contributed by atoms with E-state index < -0.39 is 17.7 Å². The van der Waals surface area contributed by atoms with Crippen molar-refractivity contribution in [2.24, 2.45) is 5.10 Å². The largest absolute Gasteiger partial charge is 0.390 e. The minimum absolute atomic E-state index is 0.0416. The van der Waals surface area contributed by atoms with Crippen LogP contribution in [0.1, 0.15) is 35.0 Å². The minimum Gasteiger partial charge on any atom is -0.390 e. The smallest absolute Gasteiger partial charge is 0.341 e. The molecule has 1 aromatic carbocycles. The summed E-state index contributed by atoms with van der Waals surface area (Å²) in [4.78, 5) is 25.3. The van der Waals surface area contributed by atoms with Crippen molar-refractivity contribution < 1.29 is 18.7 Å². The predicted molar refractivity (Wildman–Crippen MR) is 128 cm³/mol. The number of aromatic nitrogens is 4. The van der Waals surface area contributed by atoms with Crippen LogP contribution in [0.3, 0.4) is 0 Å². The number of nitrogens with one attached hydrogen (secondary N) is 1. The van der Waals surface area contributed by atoms with E-state index in [-0.39, 0.29) is 29.6 Å². The Balaban J connectivity index is 1.29. The van der Waals surface area contributed by atoms with Gasteiger partial charge in [0.2, 0.25) is 5.95 Å². The lowest BCUT2D eigenvalue weighted by atomic mass is 10.0. The molecule has 0 aliphatic carbocycles. The topological polar surface area (TPSA) is 138 Å². The third-order valence-electron chi connectivity index (χ3n) is 6.43. The lowest BCUT2D eigenvalue weighted by molar-refractivity contribution is 0.139. The first kappa shape index (κ1) is 24.3. The number of rotatable bonds is 4. The van der Waals surface area contributed by atoms with Crippen molar-refractivity contribution >= 4 is 18.2 Å². The Bertz CT molecular complexity index is 1410. The number of hydrazone groups is 1. The molecule has 2 N–H and O–H groups in total. The van der Waals surface area contributed by atoms with Gasteiger partial charge in [-0.2, -0.15) is 15.5 Å². The average molecular weight is 508 g/mol. The van der Waals surface area contributed by atoms with Crippen molar-refractivity contribution in [3.8, 4) is 17.3 Å². The maximum Gasteiger partial charge on any atom is 0.341 e. The molecular weight excluding hydrogens is 484 g/mol. The third-order valence-corrected chi connectivity index (χ3v) is 6.43. The van der Waals surface area contributed by atoms with Crippen molar-refractivity contribution in [1.29, 1.82) is 5.26 Å². The van der Waals surface area contributed by atoms with Crippen molar-refractivity contribution in [3.63, 3.8) is 0 Å². The molecule has 1 saturated heterocycles. The van der Waals surface area contributed by atoms with Crippen LogP contribution in [-0.2, 0) is 6.61 Å². The zero-order valence-corrected chi connectivity index (χ0v) is 19.9. The summed E-state index contributed by atoms with van der Waals surface area (Å²) >= 11 is 0. The molecule has 3 aromatic rings. The molecule has 0 bridgehead atoms. The molecule has 0 saturated carbocycles. The summed E-state index contributed by atoms with van der Waals surface area (Å²) in [6.45, 7) is 2.82. The number of hydrogen-bond donors (Lipinski definition) is 2.